The monoisotopic (exact) mass is 597 g/mol. The van der Waals surface area contributed by atoms with Crippen molar-refractivity contribution in [3.05, 3.63) is 94.5 Å². The molecule has 10 heteroatoms. The van der Waals surface area contributed by atoms with E-state index in [4.69, 9.17) is 16.3 Å². The van der Waals surface area contributed by atoms with Gasteiger partial charge in [-0.05, 0) is 85.7 Å². The number of methoxy groups -OCH3 is 1. The first-order valence-corrected chi connectivity index (χ1v) is 15.6. The molecule has 41 heavy (non-hydrogen) atoms. The first-order valence-electron chi connectivity index (χ1n) is 13.7. The number of carbonyl (C=O) groups excluding carboxylic acids is 2. The summed E-state index contributed by atoms with van der Waals surface area (Å²) in [7, 11) is -1.91. The Balaban J connectivity index is 1.37. The number of halogens is 1. The van der Waals surface area contributed by atoms with E-state index < -0.39 is 16.1 Å². The number of hydrogen-bond donors (Lipinski definition) is 2. The summed E-state index contributed by atoms with van der Waals surface area (Å²) in [6.07, 6.45) is 2.97. The smallest absolute Gasteiger partial charge is 0.242 e. The highest BCUT2D eigenvalue weighted by Gasteiger charge is 2.28. The molecule has 1 unspecified atom stereocenters. The highest BCUT2D eigenvalue weighted by molar-refractivity contribution is 7.89. The first kappa shape index (κ1) is 30.6. The van der Waals surface area contributed by atoms with Crippen molar-refractivity contribution in [3.63, 3.8) is 0 Å². The minimum atomic E-state index is -3.53. The van der Waals surface area contributed by atoms with Gasteiger partial charge in [-0.2, -0.15) is 0 Å². The van der Waals surface area contributed by atoms with Crippen LogP contribution in [0.3, 0.4) is 0 Å². The summed E-state index contributed by atoms with van der Waals surface area (Å²) in [5, 5.41) is 3.55. The molecule has 3 aromatic rings. The second-order valence-electron chi connectivity index (χ2n) is 10.3. The molecule has 2 amide bonds. The quantitative estimate of drug-likeness (QED) is 0.285. The van der Waals surface area contributed by atoms with Crippen LogP contribution in [-0.4, -0.2) is 50.9 Å². The molecule has 1 saturated carbocycles. The average molecular weight is 598 g/mol. The van der Waals surface area contributed by atoms with Gasteiger partial charge in [0.15, 0.2) is 0 Å². The van der Waals surface area contributed by atoms with Crippen LogP contribution in [-0.2, 0) is 39.0 Å². The van der Waals surface area contributed by atoms with Crippen molar-refractivity contribution in [3.8, 4) is 5.75 Å². The van der Waals surface area contributed by atoms with E-state index in [9.17, 15) is 18.0 Å². The van der Waals surface area contributed by atoms with Crippen molar-refractivity contribution in [1.82, 2.24) is 14.9 Å². The molecule has 3 aromatic carbocycles. The van der Waals surface area contributed by atoms with Gasteiger partial charge in [0, 0.05) is 30.6 Å². The number of rotatable bonds is 14. The van der Waals surface area contributed by atoms with Gasteiger partial charge in [0.25, 0.3) is 0 Å². The van der Waals surface area contributed by atoms with Crippen LogP contribution in [0.4, 0.5) is 0 Å². The van der Waals surface area contributed by atoms with Crippen LogP contribution in [0.15, 0.2) is 77.7 Å². The van der Waals surface area contributed by atoms with Gasteiger partial charge in [-0.15, -0.1) is 0 Å². The van der Waals surface area contributed by atoms with Crippen molar-refractivity contribution < 1.29 is 22.7 Å². The van der Waals surface area contributed by atoms with E-state index in [0.717, 1.165) is 35.3 Å². The predicted molar refractivity (Wildman–Crippen MR) is 159 cm³/mol. The Morgan fingerprint density at radius 3 is 2.12 bits per heavy atom. The van der Waals surface area contributed by atoms with Crippen LogP contribution in [0, 0.1) is 0 Å². The molecule has 0 aliphatic heterocycles. The fourth-order valence-corrected chi connectivity index (χ4v) is 5.79. The van der Waals surface area contributed by atoms with E-state index in [-0.39, 0.29) is 35.7 Å². The Labute approximate surface area is 247 Å². The van der Waals surface area contributed by atoms with Crippen LogP contribution in [0.25, 0.3) is 0 Å². The van der Waals surface area contributed by atoms with Gasteiger partial charge >= 0.3 is 0 Å². The zero-order valence-corrected chi connectivity index (χ0v) is 24.9. The van der Waals surface area contributed by atoms with Gasteiger partial charge in [0.05, 0.1) is 12.0 Å². The highest BCUT2D eigenvalue weighted by Crippen LogP contribution is 2.23. The van der Waals surface area contributed by atoms with Crippen molar-refractivity contribution in [2.75, 3.05) is 13.7 Å². The second kappa shape index (κ2) is 14.0. The Morgan fingerprint density at radius 1 is 0.927 bits per heavy atom. The highest BCUT2D eigenvalue weighted by atomic mass is 35.5. The van der Waals surface area contributed by atoms with Crippen LogP contribution in [0.2, 0.25) is 5.02 Å². The SMILES string of the molecule is COc1ccc(CCNC(=O)C(C)N(Cc2ccc(Cl)cc2)C(=O)CCc2ccc(S(=O)(=O)NC3CC3)cc2)cc1. The Morgan fingerprint density at radius 2 is 1.51 bits per heavy atom. The third kappa shape index (κ3) is 9.05. The maximum Gasteiger partial charge on any atom is 0.242 e. The number of nitrogens with zero attached hydrogens (tertiary/aromatic N) is 1. The first-order chi connectivity index (χ1) is 19.6. The molecule has 218 valence electrons. The molecule has 1 fully saturated rings. The topological polar surface area (TPSA) is 105 Å². The number of nitrogens with one attached hydrogen (secondary N) is 2. The molecule has 0 spiro atoms. The standard InChI is InChI=1S/C31H36ClN3O5S/c1-22(31(37)33-20-19-24-5-14-28(40-2)15-6-24)35(21-25-3-10-26(32)11-4-25)30(36)18-9-23-7-16-29(17-8-23)41(38,39)34-27-12-13-27/h3-8,10-11,14-17,22,27,34H,9,12-13,18-21H2,1-2H3,(H,33,37). The molecule has 4 rings (SSSR count). The van der Waals surface area contributed by atoms with Gasteiger partial charge in [0.2, 0.25) is 21.8 Å². The molecule has 1 aliphatic carbocycles. The lowest BCUT2D eigenvalue weighted by molar-refractivity contribution is -0.140. The minimum Gasteiger partial charge on any atom is -0.497 e. The van der Waals surface area contributed by atoms with E-state index >= 15 is 0 Å². The molecule has 0 heterocycles. The van der Waals surface area contributed by atoms with Crippen LogP contribution < -0.4 is 14.8 Å². The van der Waals surface area contributed by atoms with E-state index in [1.807, 2.05) is 36.4 Å². The summed E-state index contributed by atoms with van der Waals surface area (Å²) in [4.78, 5) is 28.3. The molecule has 2 N–H and O–H groups in total. The van der Waals surface area contributed by atoms with Crippen molar-refractivity contribution in [2.24, 2.45) is 0 Å². The molecule has 0 radical (unpaired) electrons. The van der Waals surface area contributed by atoms with Crippen molar-refractivity contribution >= 4 is 33.4 Å². The number of benzene rings is 3. The van der Waals surface area contributed by atoms with Gasteiger partial charge in [0.1, 0.15) is 11.8 Å². The van der Waals surface area contributed by atoms with E-state index in [1.54, 1.807) is 55.3 Å². The number of aryl methyl sites for hydroxylation is 1. The average Bonchev–Trinajstić information content (AvgIpc) is 3.79. The largest absolute Gasteiger partial charge is 0.497 e. The molecule has 0 bridgehead atoms. The summed E-state index contributed by atoms with van der Waals surface area (Å²) in [6, 6.07) is 20.8. The Hall–Kier alpha value is -3.40. The zero-order chi connectivity index (χ0) is 29.4. The lowest BCUT2D eigenvalue weighted by Gasteiger charge is -2.29. The van der Waals surface area contributed by atoms with Crippen molar-refractivity contribution in [1.29, 1.82) is 0 Å². The summed E-state index contributed by atoms with van der Waals surface area (Å²) in [6.45, 7) is 2.42. The maximum atomic E-state index is 13.4. The summed E-state index contributed by atoms with van der Waals surface area (Å²) in [5.74, 6) is 0.359. The predicted octanol–water partition coefficient (Wildman–Crippen LogP) is 4.50. The number of carbonyl (C=O) groups is 2. The third-order valence-electron chi connectivity index (χ3n) is 7.07. The fraction of sp³-hybridized carbons (Fsp3) is 0.355. The molecule has 8 nitrogen and oxygen atoms in total. The van der Waals surface area contributed by atoms with Crippen LogP contribution in [0.5, 0.6) is 5.75 Å². The summed E-state index contributed by atoms with van der Waals surface area (Å²) in [5.41, 5.74) is 2.76. The number of sulfonamides is 1. The molecule has 1 aliphatic rings. The summed E-state index contributed by atoms with van der Waals surface area (Å²) >= 11 is 6.04. The van der Waals surface area contributed by atoms with E-state index in [2.05, 4.69) is 10.0 Å². The second-order valence-corrected chi connectivity index (χ2v) is 12.4. The van der Waals surface area contributed by atoms with Gasteiger partial charge in [-0.1, -0.05) is 48.0 Å². The lowest BCUT2D eigenvalue weighted by atomic mass is 10.1. The summed E-state index contributed by atoms with van der Waals surface area (Å²) < 4.78 is 32.7. The molecular weight excluding hydrogens is 562 g/mol. The van der Waals surface area contributed by atoms with Crippen LogP contribution in [0.1, 0.15) is 42.9 Å². The lowest BCUT2D eigenvalue weighted by Crippen LogP contribution is -2.48. The molecule has 0 aromatic heterocycles. The zero-order valence-electron chi connectivity index (χ0n) is 23.3. The fourth-order valence-electron chi connectivity index (χ4n) is 4.36. The third-order valence-corrected chi connectivity index (χ3v) is 8.85. The van der Waals surface area contributed by atoms with Gasteiger partial charge < -0.3 is 15.0 Å². The van der Waals surface area contributed by atoms with E-state index in [1.165, 1.54) is 0 Å². The Kier molecular flexibility index (Phi) is 10.4. The molecule has 1 atom stereocenters. The van der Waals surface area contributed by atoms with Crippen LogP contribution >= 0.6 is 11.6 Å². The normalized spacial score (nSPS) is 13.8. The van der Waals surface area contributed by atoms with E-state index in [0.29, 0.717) is 24.4 Å². The Bertz CT molecular complexity index is 1420. The molecular formula is C31H36ClN3O5S. The molecule has 0 saturated heterocycles. The van der Waals surface area contributed by atoms with Gasteiger partial charge in [-0.25, -0.2) is 13.1 Å². The maximum absolute atomic E-state index is 13.4. The number of ether oxygens (including phenoxy) is 1. The van der Waals surface area contributed by atoms with Crippen molar-refractivity contribution in [2.45, 2.75) is 62.6 Å². The number of hydrogen-bond acceptors (Lipinski definition) is 5. The number of amides is 2. The van der Waals surface area contributed by atoms with Gasteiger partial charge in [-0.3, -0.25) is 9.59 Å². The minimum absolute atomic E-state index is 0.0329.